The minimum atomic E-state index is -0.296. The first-order chi connectivity index (χ1) is 11.2. The Balaban J connectivity index is 1.38. The molecular formula is C17H27N3O3. The molecule has 2 saturated carbocycles. The molecule has 1 aromatic rings. The predicted octanol–water partition coefficient (Wildman–Crippen LogP) is 2.92. The van der Waals surface area contributed by atoms with Crippen molar-refractivity contribution in [3.63, 3.8) is 0 Å². The molecule has 1 atom stereocenters. The Kier molecular flexibility index (Phi) is 4.15. The summed E-state index contributed by atoms with van der Waals surface area (Å²) >= 11 is 0. The van der Waals surface area contributed by atoms with Crippen molar-refractivity contribution in [2.75, 3.05) is 13.2 Å². The van der Waals surface area contributed by atoms with Gasteiger partial charge in [0, 0.05) is 24.8 Å². The lowest BCUT2D eigenvalue weighted by molar-refractivity contribution is -0.180. The molecule has 6 nitrogen and oxygen atoms in total. The minimum Gasteiger partial charge on any atom is -0.348 e. The maximum absolute atomic E-state index is 5.81. The van der Waals surface area contributed by atoms with E-state index in [4.69, 9.17) is 14.0 Å². The van der Waals surface area contributed by atoms with Crippen LogP contribution in [0.1, 0.15) is 76.0 Å². The Morgan fingerprint density at radius 2 is 1.78 bits per heavy atom. The standard InChI is InChI=1S/C17H27N3O3/c1-11(2)14(16-19-15(20-23-16)12-3-4-12)18-13-5-7-17(8-6-13)21-9-10-22-17/h11-14,18H,3-10H2,1-2H3/t14-/m1/s1. The summed E-state index contributed by atoms with van der Waals surface area (Å²) in [6.45, 7) is 5.87. The van der Waals surface area contributed by atoms with Crippen LogP contribution in [0.2, 0.25) is 0 Å². The van der Waals surface area contributed by atoms with E-state index in [9.17, 15) is 0 Å². The van der Waals surface area contributed by atoms with Gasteiger partial charge in [-0.2, -0.15) is 4.98 Å². The molecule has 1 aromatic heterocycles. The second kappa shape index (κ2) is 6.15. The van der Waals surface area contributed by atoms with Crippen molar-refractivity contribution in [1.82, 2.24) is 15.5 Å². The maximum Gasteiger partial charge on any atom is 0.244 e. The van der Waals surface area contributed by atoms with Crippen LogP contribution in [0.15, 0.2) is 4.52 Å². The molecule has 0 amide bonds. The first kappa shape index (κ1) is 15.5. The molecule has 23 heavy (non-hydrogen) atoms. The summed E-state index contributed by atoms with van der Waals surface area (Å²) in [5, 5.41) is 7.91. The number of hydrogen-bond donors (Lipinski definition) is 1. The van der Waals surface area contributed by atoms with Gasteiger partial charge in [0.2, 0.25) is 5.89 Å². The zero-order valence-corrected chi connectivity index (χ0v) is 14.1. The van der Waals surface area contributed by atoms with Crippen LogP contribution in [-0.2, 0) is 9.47 Å². The van der Waals surface area contributed by atoms with Crippen molar-refractivity contribution in [3.05, 3.63) is 11.7 Å². The van der Waals surface area contributed by atoms with E-state index < -0.39 is 0 Å². The highest BCUT2D eigenvalue weighted by molar-refractivity contribution is 5.05. The van der Waals surface area contributed by atoms with E-state index in [1.54, 1.807) is 0 Å². The number of nitrogens with one attached hydrogen (secondary N) is 1. The molecule has 2 heterocycles. The van der Waals surface area contributed by atoms with E-state index in [1.165, 1.54) is 12.8 Å². The fraction of sp³-hybridized carbons (Fsp3) is 0.882. The molecule has 1 saturated heterocycles. The number of aromatic nitrogens is 2. The molecule has 4 rings (SSSR count). The Morgan fingerprint density at radius 1 is 1.09 bits per heavy atom. The lowest BCUT2D eigenvalue weighted by Gasteiger charge is -2.37. The van der Waals surface area contributed by atoms with Crippen LogP contribution in [0.3, 0.4) is 0 Å². The SMILES string of the molecule is CC(C)[C@@H](NC1CCC2(CC1)OCCO2)c1nc(C2CC2)no1. The van der Waals surface area contributed by atoms with Crippen molar-refractivity contribution in [1.29, 1.82) is 0 Å². The first-order valence-electron chi connectivity index (χ1n) is 9.03. The third-order valence-corrected chi connectivity index (χ3v) is 5.31. The summed E-state index contributed by atoms with van der Waals surface area (Å²) in [6.07, 6.45) is 6.45. The largest absolute Gasteiger partial charge is 0.348 e. The topological polar surface area (TPSA) is 69.4 Å². The van der Waals surface area contributed by atoms with Crippen LogP contribution in [0.4, 0.5) is 0 Å². The molecule has 6 heteroatoms. The van der Waals surface area contributed by atoms with Crippen molar-refractivity contribution < 1.29 is 14.0 Å². The first-order valence-corrected chi connectivity index (χ1v) is 9.03. The van der Waals surface area contributed by atoms with Crippen molar-refractivity contribution in [2.45, 2.75) is 76.2 Å². The van der Waals surface area contributed by atoms with Crippen LogP contribution >= 0.6 is 0 Å². The van der Waals surface area contributed by atoms with E-state index in [-0.39, 0.29) is 11.8 Å². The van der Waals surface area contributed by atoms with Crippen LogP contribution in [0, 0.1) is 5.92 Å². The molecule has 3 fully saturated rings. The van der Waals surface area contributed by atoms with Crippen molar-refractivity contribution >= 4 is 0 Å². The summed E-state index contributed by atoms with van der Waals surface area (Å²) < 4.78 is 17.2. The predicted molar refractivity (Wildman–Crippen MR) is 83.9 cm³/mol. The summed E-state index contributed by atoms with van der Waals surface area (Å²) in [5.41, 5.74) is 0. The molecule has 0 radical (unpaired) electrons. The van der Waals surface area contributed by atoms with Crippen LogP contribution in [-0.4, -0.2) is 35.2 Å². The number of rotatable bonds is 5. The molecule has 1 spiro atoms. The van der Waals surface area contributed by atoms with Gasteiger partial charge in [-0.05, 0) is 31.6 Å². The molecule has 2 aliphatic carbocycles. The number of hydrogen-bond acceptors (Lipinski definition) is 6. The van der Waals surface area contributed by atoms with Gasteiger partial charge in [-0.25, -0.2) is 0 Å². The van der Waals surface area contributed by atoms with Crippen molar-refractivity contribution in [3.8, 4) is 0 Å². The van der Waals surface area contributed by atoms with E-state index in [2.05, 4.69) is 29.3 Å². The quantitative estimate of drug-likeness (QED) is 0.899. The van der Waals surface area contributed by atoms with Crippen molar-refractivity contribution in [2.24, 2.45) is 5.92 Å². The summed E-state index contributed by atoms with van der Waals surface area (Å²) in [7, 11) is 0. The summed E-state index contributed by atoms with van der Waals surface area (Å²) in [5.74, 6) is 2.29. The summed E-state index contributed by atoms with van der Waals surface area (Å²) in [6, 6.07) is 0.580. The lowest BCUT2D eigenvalue weighted by Crippen LogP contribution is -2.44. The highest BCUT2D eigenvalue weighted by atomic mass is 16.7. The third-order valence-electron chi connectivity index (χ3n) is 5.31. The molecule has 0 bridgehead atoms. The zero-order valence-electron chi connectivity index (χ0n) is 14.1. The third kappa shape index (κ3) is 3.30. The van der Waals surface area contributed by atoms with Gasteiger partial charge < -0.3 is 19.3 Å². The fourth-order valence-electron chi connectivity index (χ4n) is 3.69. The smallest absolute Gasteiger partial charge is 0.244 e. The average molecular weight is 321 g/mol. The molecule has 3 aliphatic rings. The second-order valence-corrected chi connectivity index (χ2v) is 7.54. The molecule has 1 N–H and O–H groups in total. The number of ether oxygens (including phenoxy) is 2. The Bertz CT molecular complexity index is 525. The average Bonchev–Trinajstić information content (AvgIpc) is 3.11. The van der Waals surface area contributed by atoms with E-state index in [0.29, 0.717) is 17.9 Å². The van der Waals surface area contributed by atoms with Gasteiger partial charge in [-0.15, -0.1) is 0 Å². The molecule has 0 unspecified atom stereocenters. The Morgan fingerprint density at radius 3 is 2.39 bits per heavy atom. The highest BCUT2D eigenvalue weighted by Crippen LogP contribution is 2.39. The van der Waals surface area contributed by atoms with E-state index in [0.717, 1.165) is 50.6 Å². The van der Waals surface area contributed by atoms with Gasteiger partial charge in [-0.1, -0.05) is 19.0 Å². The maximum atomic E-state index is 5.81. The Labute approximate surface area is 137 Å². The molecule has 128 valence electrons. The van der Waals surface area contributed by atoms with E-state index in [1.807, 2.05) is 0 Å². The van der Waals surface area contributed by atoms with Gasteiger partial charge in [-0.3, -0.25) is 0 Å². The van der Waals surface area contributed by atoms with Gasteiger partial charge in [0.25, 0.3) is 0 Å². The van der Waals surface area contributed by atoms with Gasteiger partial charge in [0.15, 0.2) is 11.6 Å². The molecule has 1 aliphatic heterocycles. The second-order valence-electron chi connectivity index (χ2n) is 7.54. The minimum absolute atomic E-state index is 0.125. The van der Waals surface area contributed by atoms with Crippen LogP contribution in [0.25, 0.3) is 0 Å². The lowest BCUT2D eigenvalue weighted by atomic mass is 9.88. The highest BCUT2D eigenvalue weighted by Gasteiger charge is 2.41. The monoisotopic (exact) mass is 321 g/mol. The van der Waals surface area contributed by atoms with Gasteiger partial charge >= 0.3 is 0 Å². The Hall–Kier alpha value is -0.980. The van der Waals surface area contributed by atoms with Crippen LogP contribution < -0.4 is 5.32 Å². The zero-order chi connectivity index (χ0) is 15.9. The van der Waals surface area contributed by atoms with Crippen LogP contribution in [0.5, 0.6) is 0 Å². The molecular weight excluding hydrogens is 294 g/mol. The number of nitrogens with zero attached hydrogens (tertiary/aromatic N) is 2. The normalized spacial score (nSPS) is 26.2. The summed E-state index contributed by atoms with van der Waals surface area (Å²) in [4.78, 5) is 4.64. The van der Waals surface area contributed by atoms with Gasteiger partial charge in [0.05, 0.1) is 19.3 Å². The van der Waals surface area contributed by atoms with E-state index >= 15 is 0 Å². The fourth-order valence-corrected chi connectivity index (χ4v) is 3.69. The molecule has 0 aromatic carbocycles. The van der Waals surface area contributed by atoms with Gasteiger partial charge in [0.1, 0.15) is 0 Å².